The van der Waals surface area contributed by atoms with Crippen LogP contribution in [0.4, 0.5) is 0 Å². The summed E-state index contributed by atoms with van der Waals surface area (Å²) in [5.74, 6) is 1.68. The summed E-state index contributed by atoms with van der Waals surface area (Å²) in [5, 5.41) is 1.42. The molecule has 0 amide bonds. The molecule has 0 aliphatic carbocycles. The van der Waals surface area contributed by atoms with Crippen LogP contribution in [-0.4, -0.2) is 16.2 Å². The van der Waals surface area contributed by atoms with E-state index < -0.39 is 0 Å². The Balaban J connectivity index is 1.56. The van der Waals surface area contributed by atoms with Gasteiger partial charge in [0.05, 0.1) is 17.6 Å². The molecule has 0 fully saturated rings. The van der Waals surface area contributed by atoms with Crippen LogP contribution in [-0.2, 0) is 6.54 Å². The van der Waals surface area contributed by atoms with E-state index in [-0.39, 0.29) is 0 Å². The Kier molecular flexibility index (Phi) is 5.65. The van der Waals surface area contributed by atoms with Gasteiger partial charge in [0.25, 0.3) is 0 Å². The number of fused-ring (bicyclic) bond motifs is 1. The van der Waals surface area contributed by atoms with Gasteiger partial charge in [-0.25, -0.2) is 4.98 Å². The van der Waals surface area contributed by atoms with E-state index in [4.69, 9.17) is 32.9 Å². The molecule has 0 aliphatic heterocycles. The predicted molar refractivity (Wildman–Crippen MR) is 117 cm³/mol. The number of hydrogen-bond donors (Lipinski definition) is 0. The molecule has 0 aliphatic rings. The molecule has 28 heavy (non-hydrogen) atoms. The highest BCUT2D eigenvalue weighted by atomic mass is 35.5. The van der Waals surface area contributed by atoms with Crippen molar-refractivity contribution in [3.8, 4) is 5.75 Å². The van der Waals surface area contributed by atoms with Gasteiger partial charge in [0.1, 0.15) is 18.2 Å². The highest BCUT2D eigenvalue weighted by Gasteiger charge is 2.08. The number of nitrogens with zero attached hydrogens (tertiary/aromatic N) is 2. The number of para-hydroxylation sites is 2. The monoisotopic (exact) mass is 408 g/mol. The largest absolute Gasteiger partial charge is 0.492 e. The van der Waals surface area contributed by atoms with Crippen molar-refractivity contribution in [2.24, 2.45) is 0 Å². The molecule has 0 saturated heterocycles. The molecular formula is C23H18Cl2N2O. The number of imidazole rings is 1. The second-order valence-corrected chi connectivity index (χ2v) is 7.17. The number of rotatable bonds is 6. The van der Waals surface area contributed by atoms with Gasteiger partial charge in [0, 0.05) is 10.0 Å². The maximum absolute atomic E-state index is 5.96. The van der Waals surface area contributed by atoms with Gasteiger partial charge in [-0.1, -0.05) is 53.5 Å². The SMILES string of the molecule is Clc1ccc(/C=C/c2nc3ccccc3n2CCOc2ccc(Cl)cc2)cc1. The van der Waals surface area contributed by atoms with Crippen LogP contribution < -0.4 is 4.74 Å². The van der Waals surface area contributed by atoms with Gasteiger partial charge in [-0.3, -0.25) is 0 Å². The number of hydrogen-bond acceptors (Lipinski definition) is 2. The zero-order chi connectivity index (χ0) is 19.3. The van der Waals surface area contributed by atoms with Crippen LogP contribution in [0.1, 0.15) is 11.4 Å². The average Bonchev–Trinajstić information content (AvgIpc) is 3.07. The van der Waals surface area contributed by atoms with Crippen LogP contribution in [0.25, 0.3) is 23.2 Å². The summed E-state index contributed by atoms with van der Waals surface area (Å²) >= 11 is 11.9. The van der Waals surface area contributed by atoms with Crippen LogP contribution in [0, 0.1) is 0 Å². The van der Waals surface area contributed by atoms with Crippen molar-refractivity contribution in [3.63, 3.8) is 0 Å². The number of benzene rings is 3. The molecule has 140 valence electrons. The zero-order valence-electron chi connectivity index (χ0n) is 15.1. The smallest absolute Gasteiger partial charge is 0.133 e. The molecule has 5 heteroatoms. The van der Waals surface area contributed by atoms with Gasteiger partial charge >= 0.3 is 0 Å². The highest BCUT2D eigenvalue weighted by molar-refractivity contribution is 6.30. The Morgan fingerprint density at radius 3 is 2.25 bits per heavy atom. The summed E-state index contributed by atoms with van der Waals surface area (Å²) < 4.78 is 8.03. The fourth-order valence-corrected chi connectivity index (χ4v) is 3.24. The lowest BCUT2D eigenvalue weighted by Crippen LogP contribution is -2.09. The maximum Gasteiger partial charge on any atom is 0.133 e. The van der Waals surface area contributed by atoms with Gasteiger partial charge in [-0.2, -0.15) is 0 Å². The molecule has 4 aromatic rings. The van der Waals surface area contributed by atoms with Crippen LogP contribution in [0.3, 0.4) is 0 Å². The fourth-order valence-electron chi connectivity index (χ4n) is 2.99. The predicted octanol–water partition coefficient (Wildman–Crippen LogP) is 6.59. The molecule has 0 spiro atoms. The molecule has 4 rings (SSSR count). The Labute approximate surface area is 173 Å². The van der Waals surface area contributed by atoms with Crippen LogP contribution in [0.15, 0.2) is 72.8 Å². The number of halogens is 2. The molecule has 0 radical (unpaired) electrons. The third-order valence-corrected chi connectivity index (χ3v) is 4.88. The topological polar surface area (TPSA) is 27.1 Å². The Hall–Kier alpha value is -2.75. The Bertz CT molecular complexity index is 1100. The van der Waals surface area contributed by atoms with Crippen molar-refractivity contribution in [2.75, 3.05) is 6.61 Å². The van der Waals surface area contributed by atoms with E-state index in [0.29, 0.717) is 18.2 Å². The fraction of sp³-hybridized carbons (Fsp3) is 0.0870. The second kappa shape index (κ2) is 8.51. The second-order valence-electron chi connectivity index (χ2n) is 6.30. The van der Waals surface area contributed by atoms with E-state index >= 15 is 0 Å². The Morgan fingerprint density at radius 1 is 0.821 bits per heavy atom. The lowest BCUT2D eigenvalue weighted by molar-refractivity contribution is 0.300. The van der Waals surface area contributed by atoms with Gasteiger partial charge < -0.3 is 9.30 Å². The minimum absolute atomic E-state index is 0.532. The average molecular weight is 409 g/mol. The Morgan fingerprint density at radius 2 is 1.50 bits per heavy atom. The molecule has 3 nitrogen and oxygen atoms in total. The highest BCUT2D eigenvalue weighted by Crippen LogP contribution is 2.20. The quantitative estimate of drug-likeness (QED) is 0.359. The summed E-state index contributed by atoms with van der Waals surface area (Å²) in [6, 6.07) is 23.2. The van der Waals surface area contributed by atoms with Gasteiger partial charge in [0.2, 0.25) is 0 Å². The summed E-state index contributed by atoms with van der Waals surface area (Å²) in [7, 11) is 0. The molecule has 0 saturated carbocycles. The summed E-state index contributed by atoms with van der Waals surface area (Å²) in [6.45, 7) is 1.22. The van der Waals surface area contributed by atoms with Crippen LogP contribution >= 0.6 is 23.2 Å². The first-order valence-electron chi connectivity index (χ1n) is 8.96. The van der Waals surface area contributed by atoms with Crippen LogP contribution in [0.2, 0.25) is 10.0 Å². The first kappa shape index (κ1) is 18.6. The lowest BCUT2D eigenvalue weighted by Gasteiger charge is -2.09. The third-order valence-electron chi connectivity index (χ3n) is 4.38. The van der Waals surface area contributed by atoms with E-state index in [1.807, 2.05) is 78.9 Å². The van der Waals surface area contributed by atoms with Crippen molar-refractivity contribution in [2.45, 2.75) is 6.54 Å². The molecule has 0 bridgehead atoms. The third kappa shape index (κ3) is 4.38. The van der Waals surface area contributed by atoms with Crippen molar-refractivity contribution >= 4 is 46.4 Å². The normalized spacial score (nSPS) is 11.4. The van der Waals surface area contributed by atoms with Crippen molar-refractivity contribution < 1.29 is 4.74 Å². The van der Waals surface area contributed by atoms with E-state index in [2.05, 4.69) is 10.6 Å². The van der Waals surface area contributed by atoms with Crippen molar-refractivity contribution in [1.82, 2.24) is 9.55 Å². The van der Waals surface area contributed by atoms with Gasteiger partial charge in [-0.15, -0.1) is 0 Å². The lowest BCUT2D eigenvalue weighted by atomic mass is 10.2. The zero-order valence-corrected chi connectivity index (χ0v) is 16.6. The van der Waals surface area contributed by atoms with Crippen molar-refractivity contribution in [1.29, 1.82) is 0 Å². The van der Waals surface area contributed by atoms with E-state index in [9.17, 15) is 0 Å². The first-order chi connectivity index (χ1) is 13.7. The van der Waals surface area contributed by atoms with Gasteiger partial charge in [-0.05, 0) is 60.2 Å². The molecule has 0 atom stereocenters. The summed E-state index contributed by atoms with van der Waals surface area (Å²) in [6.07, 6.45) is 4.06. The van der Waals surface area contributed by atoms with Crippen molar-refractivity contribution in [3.05, 3.63) is 94.2 Å². The molecule has 1 aromatic heterocycles. The number of aromatic nitrogens is 2. The summed E-state index contributed by atoms with van der Waals surface area (Å²) in [4.78, 5) is 4.76. The molecule has 3 aromatic carbocycles. The first-order valence-corrected chi connectivity index (χ1v) is 9.72. The standard InChI is InChI=1S/C23H18Cl2N2O/c24-18-8-5-17(6-9-18)7-14-23-26-21-3-1-2-4-22(21)27(23)15-16-28-20-12-10-19(25)11-13-20/h1-14H,15-16H2/b14-7+. The minimum atomic E-state index is 0.532. The molecule has 1 heterocycles. The van der Waals surface area contributed by atoms with Gasteiger partial charge in [0.15, 0.2) is 0 Å². The number of ether oxygens (including phenoxy) is 1. The minimum Gasteiger partial charge on any atom is -0.492 e. The summed E-state index contributed by atoms with van der Waals surface area (Å²) in [5.41, 5.74) is 3.11. The van der Waals surface area contributed by atoms with E-state index in [1.165, 1.54) is 0 Å². The molecular weight excluding hydrogens is 391 g/mol. The molecule has 0 N–H and O–H groups in total. The molecule has 0 unspecified atom stereocenters. The maximum atomic E-state index is 5.96. The van der Waals surface area contributed by atoms with E-state index in [1.54, 1.807) is 0 Å². The van der Waals surface area contributed by atoms with Crippen LogP contribution in [0.5, 0.6) is 5.75 Å². The van der Waals surface area contributed by atoms with E-state index in [0.717, 1.165) is 33.2 Å².